The zero-order valence-electron chi connectivity index (χ0n) is 9.63. The van der Waals surface area contributed by atoms with E-state index in [-0.39, 0.29) is 5.91 Å². The van der Waals surface area contributed by atoms with Gasteiger partial charge in [0.15, 0.2) is 0 Å². The summed E-state index contributed by atoms with van der Waals surface area (Å²) >= 11 is 1.18. The second kappa shape index (κ2) is 4.25. The van der Waals surface area contributed by atoms with Gasteiger partial charge in [-0.25, -0.2) is 0 Å². The van der Waals surface area contributed by atoms with Gasteiger partial charge in [-0.2, -0.15) is 0 Å². The molecule has 2 aliphatic rings. The number of amides is 1. The Morgan fingerprint density at radius 1 is 1.24 bits per heavy atom. The zero-order chi connectivity index (χ0) is 11.8. The van der Waals surface area contributed by atoms with Gasteiger partial charge in [-0.3, -0.25) is 4.79 Å². The average Bonchev–Trinajstić information content (AvgIpc) is 3.21. The number of carbonyl (C=O) groups is 1. The van der Waals surface area contributed by atoms with E-state index >= 15 is 0 Å². The van der Waals surface area contributed by atoms with Gasteiger partial charge >= 0.3 is 0 Å². The molecular formula is C11H16N4OS. The lowest BCUT2D eigenvalue weighted by atomic mass is 10.3. The molecule has 2 fully saturated rings. The molecule has 2 aliphatic carbocycles. The van der Waals surface area contributed by atoms with Crippen LogP contribution in [0.2, 0.25) is 0 Å². The number of carbonyl (C=O) groups excluding carboxylic acids is 1. The molecule has 0 saturated heterocycles. The van der Waals surface area contributed by atoms with E-state index in [1.807, 2.05) is 4.90 Å². The van der Waals surface area contributed by atoms with Gasteiger partial charge in [0.1, 0.15) is 0 Å². The van der Waals surface area contributed by atoms with Crippen molar-refractivity contribution in [3.05, 3.63) is 5.01 Å². The molecule has 1 heterocycles. The Kier molecular flexibility index (Phi) is 2.74. The number of nitrogens with zero attached hydrogens (tertiary/aromatic N) is 3. The first kappa shape index (κ1) is 11.0. The van der Waals surface area contributed by atoms with Crippen molar-refractivity contribution >= 4 is 22.4 Å². The van der Waals surface area contributed by atoms with E-state index in [0.29, 0.717) is 22.0 Å². The number of nitrogen functional groups attached to an aromatic ring is 1. The minimum Gasteiger partial charge on any atom is -0.374 e. The molecule has 6 heteroatoms. The molecule has 0 aromatic carbocycles. The smallest absolute Gasteiger partial charge is 0.284 e. The van der Waals surface area contributed by atoms with Crippen LogP contribution in [0.15, 0.2) is 0 Å². The fourth-order valence-corrected chi connectivity index (χ4v) is 2.50. The minimum absolute atomic E-state index is 0.0120. The largest absolute Gasteiger partial charge is 0.374 e. The Morgan fingerprint density at radius 3 is 2.24 bits per heavy atom. The van der Waals surface area contributed by atoms with Crippen LogP contribution < -0.4 is 5.73 Å². The molecule has 0 unspecified atom stereocenters. The molecule has 1 aromatic rings. The van der Waals surface area contributed by atoms with Gasteiger partial charge < -0.3 is 10.6 Å². The van der Waals surface area contributed by atoms with Gasteiger partial charge in [0.2, 0.25) is 10.1 Å². The van der Waals surface area contributed by atoms with E-state index in [9.17, 15) is 4.79 Å². The maximum absolute atomic E-state index is 12.3. The summed E-state index contributed by atoms with van der Waals surface area (Å²) in [6, 6.07) is 0. The highest BCUT2D eigenvalue weighted by molar-refractivity contribution is 7.16. The molecule has 0 spiro atoms. The van der Waals surface area contributed by atoms with E-state index < -0.39 is 0 Å². The molecule has 92 valence electrons. The van der Waals surface area contributed by atoms with E-state index in [0.717, 1.165) is 13.1 Å². The molecule has 1 amide bonds. The van der Waals surface area contributed by atoms with Crippen LogP contribution in [-0.4, -0.2) is 34.1 Å². The van der Waals surface area contributed by atoms with E-state index in [1.54, 1.807) is 0 Å². The van der Waals surface area contributed by atoms with Crippen LogP contribution in [0.1, 0.15) is 35.5 Å². The van der Waals surface area contributed by atoms with E-state index in [4.69, 9.17) is 5.73 Å². The average molecular weight is 252 g/mol. The maximum atomic E-state index is 12.3. The molecule has 0 radical (unpaired) electrons. The summed E-state index contributed by atoms with van der Waals surface area (Å²) in [7, 11) is 0. The summed E-state index contributed by atoms with van der Waals surface area (Å²) in [5.41, 5.74) is 5.52. The molecule has 5 nitrogen and oxygen atoms in total. The first-order chi connectivity index (χ1) is 8.22. The maximum Gasteiger partial charge on any atom is 0.284 e. The van der Waals surface area contributed by atoms with Crippen LogP contribution in [0, 0.1) is 11.8 Å². The van der Waals surface area contributed by atoms with Crippen molar-refractivity contribution in [3.63, 3.8) is 0 Å². The molecule has 17 heavy (non-hydrogen) atoms. The first-order valence-electron chi connectivity index (χ1n) is 6.10. The van der Waals surface area contributed by atoms with Crippen LogP contribution in [0.3, 0.4) is 0 Å². The van der Waals surface area contributed by atoms with Crippen LogP contribution in [0.4, 0.5) is 5.13 Å². The highest BCUT2D eigenvalue weighted by atomic mass is 32.1. The molecule has 0 atom stereocenters. The van der Waals surface area contributed by atoms with Crippen molar-refractivity contribution in [2.75, 3.05) is 18.8 Å². The van der Waals surface area contributed by atoms with Crippen molar-refractivity contribution in [2.24, 2.45) is 11.8 Å². The van der Waals surface area contributed by atoms with Gasteiger partial charge in [0, 0.05) is 13.1 Å². The lowest BCUT2D eigenvalue weighted by Crippen LogP contribution is -2.34. The second-order valence-corrected chi connectivity index (χ2v) is 6.05. The SMILES string of the molecule is Nc1nnc(C(=O)N(CC2CC2)CC2CC2)s1. The van der Waals surface area contributed by atoms with Crippen LogP contribution in [0.25, 0.3) is 0 Å². The Morgan fingerprint density at radius 2 is 1.82 bits per heavy atom. The molecule has 0 aliphatic heterocycles. The summed E-state index contributed by atoms with van der Waals surface area (Å²) in [6.45, 7) is 1.77. The zero-order valence-corrected chi connectivity index (χ0v) is 10.4. The predicted molar refractivity (Wildman–Crippen MR) is 65.7 cm³/mol. The number of anilines is 1. The highest BCUT2D eigenvalue weighted by Gasteiger charge is 2.32. The first-order valence-corrected chi connectivity index (χ1v) is 6.92. The van der Waals surface area contributed by atoms with Gasteiger partial charge in [0.05, 0.1) is 0 Å². The second-order valence-electron chi connectivity index (χ2n) is 5.04. The predicted octanol–water partition coefficient (Wildman–Crippen LogP) is 1.38. The molecule has 2 saturated carbocycles. The van der Waals surface area contributed by atoms with Crippen molar-refractivity contribution in [2.45, 2.75) is 25.7 Å². The highest BCUT2D eigenvalue weighted by Crippen LogP contribution is 2.34. The lowest BCUT2D eigenvalue weighted by molar-refractivity contribution is 0.0738. The fourth-order valence-electron chi connectivity index (χ4n) is 1.92. The van der Waals surface area contributed by atoms with Crippen molar-refractivity contribution in [1.82, 2.24) is 15.1 Å². The van der Waals surface area contributed by atoms with E-state index in [2.05, 4.69) is 10.2 Å². The monoisotopic (exact) mass is 252 g/mol. The van der Waals surface area contributed by atoms with Crippen molar-refractivity contribution < 1.29 is 4.79 Å². The molecule has 1 aromatic heterocycles. The standard InChI is InChI=1S/C11H16N4OS/c12-11-14-13-9(17-11)10(16)15(5-7-1-2-7)6-8-3-4-8/h7-8H,1-6H2,(H2,12,14). The van der Waals surface area contributed by atoms with Crippen LogP contribution in [-0.2, 0) is 0 Å². The molecule has 2 N–H and O–H groups in total. The fraction of sp³-hybridized carbons (Fsp3) is 0.727. The third-order valence-electron chi connectivity index (χ3n) is 3.26. The number of hydrogen-bond acceptors (Lipinski definition) is 5. The molecule has 3 rings (SSSR count). The minimum atomic E-state index is 0.0120. The summed E-state index contributed by atoms with van der Waals surface area (Å²) in [4.78, 5) is 14.2. The van der Waals surface area contributed by atoms with Crippen LogP contribution in [0.5, 0.6) is 0 Å². The van der Waals surface area contributed by atoms with E-state index in [1.165, 1.54) is 37.0 Å². The third kappa shape index (κ3) is 2.74. The Labute approximate surface area is 104 Å². The molecular weight excluding hydrogens is 236 g/mol. The van der Waals surface area contributed by atoms with Gasteiger partial charge in [-0.15, -0.1) is 10.2 Å². The Hall–Kier alpha value is -1.17. The van der Waals surface area contributed by atoms with Crippen molar-refractivity contribution in [3.8, 4) is 0 Å². The normalized spacial score (nSPS) is 19.3. The van der Waals surface area contributed by atoms with Gasteiger partial charge in [-0.05, 0) is 37.5 Å². The quantitative estimate of drug-likeness (QED) is 0.859. The Bertz CT molecular complexity index is 411. The Balaban J connectivity index is 1.69. The van der Waals surface area contributed by atoms with Crippen LogP contribution >= 0.6 is 11.3 Å². The summed E-state index contributed by atoms with van der Waals surface area (Å²) in [5, 5.41) is 8.35. The molecule has 0 bridgehead atoms. The van der Waals surface area contributed by atoms with Gasteiger partial charge in [-0.1, -0.05) is 11.3 Å². The van der Waals surface area contributed by atoms with Crippen molar-refractivity contribution in [1.29, 1.82) is 0 Å². The summed E-state index contributed by atoms with van der Waals surface area (Å²) < 4.78 is 0. The summed E-state index contributed by atoms with van der Waals surface area (Å²) in [6.07, 6.45) is 5.03. The lowest BCUT2D eigenvalue weighted by Gasteiger charge is -2.21. The number of aromatic nitrogens is 2. The van der Waals surface area contributed by atoms with Gasteiger partial charge in [0.25, 0.3) is 5.91 Å². The number of rotatable bonds is 5. The topological polar surface area (TPSA) is 72.1 Å². The number of hydrogen-bond donors (Lipinski definition) is 1. The number of nitrogens with two attached hydrogens (primary N) is 1. The third-order valence-corrected chi connectivity index (χ3v) is 4.00. The summed E-state index contributed by atoms with van der Waals surface area (Å²) in [5.74, 6) is 1.43.